The summed E-state index contributed by atoms with van der Waals surface area (Å²) in [6.07, 6.45) is 3.58. The summed E-state index contributed by atoms with van der Waals surface area (Å²) in [4.78, 5) is 22.5. The highest BCUT2D eigenvalue weighted by atomic mass is 32.2. The molecule has 1 amide bonds. The zero-order valence-electron chi connectivity index (χ0n) is 21.4. The molecule has 36 heavy (non-hydrogen) atoms. The molecule has 1 aromatic heterocycles. The lowest BCUT2D eigenvalue weighted by Gasteiger charge is -2.26. The van der Waals surface area contributed by atoms with E-state index in [-0.39, 0.29) is 10.8 Å². The van der Waals surface area contributed by atoms with Crippen molar-refractivity contribution in [3.05, 3.63) is 47.5 Å². The number of fused-ring (bicyclic) bond motifs is 1. The van der Waals surface area contributed by atoms with Crippen molar-refractivity contribution in [2.45, 2.75) is 37.5 Å². The summed E-state index contributed by atoms with van der Waals surface area (Å²) in [5, 5.41) is 0.603. The van der Waals surface area contributed by atoms with E-state index in [9.17, 15) is 13.2 Å². The molecule has 0 atom stereocenters. The van der Waals surface area contributed by atoms with Crippen molar-refractivity contribution in [3.8, 4) is 5.75 Å². The molecule has 1 aliphatic heterocycles. The predicted molar refractivity (Wildman–Crippen MR) is 145 cm³/mol. The highest BCUT2D eigenvalue weighted by Gasteiger charge is 2.27. The van der Waals surface area contributed by atoms with Crippen molar-refractivity contribution in [3.63, 3.8) is 0 Å². The molecule has 0 aliphatic carbocycles. The van der Waals surface area contributed by atoms with E-state index < -0.39 is 10.0 Å². The molecule has 3 aromatic rings. The summed E-state index contributed by atoms with van der Waals surface area (Å²) in [6, 6.07) is 10.2. The van der Waals surface area contributed by atoms with Crippen LogP contribution in [0.2, 0.25) is 0 Å². The lowest BCUT2D eigenvalue weighted by molar-refractivity contribution is 0.0986. The van der Waals surface area contributed by atoms with Gasteiger partial charge in [0.25, 0.3) is 5.91 Å². The molecule has 1 aliphatic rings. The van der Waals surface area contributed by atoms with E-state index in [1.165, 1.54) is 15.6 Å². The average molecular weight is 531 g/mol. The number of hydrogen-bond donors (Lipinski definition) is 0. The van der Waals surface area contributed by atoms with Crippen LogP contribution in [0.1, 0.15) is 41.6 Å². The Bertz CT molecular complexity index is 1310. The number of anilines is 1. The van der Waals surface area contributed by atoms with Crippen LogP contribution in [-0.4, -0.2) is 75.9 Å². The van der Waals surface area contributed by atoms with Gasteiger partial charge in [-0.2, -0.15) is 4.31 Å². The molecule has 2 aromatic carbocycles. The smallest absolute Gasteiger partial charge is 0.260 e. The summed E-state index contributed by atoms with van der Waals surface area (Å²) in [5.74, 6) is 0.470. The Morgan fingerprint density at radius 2 is 1.75 bits per heavy atom. The third-order valence-corrected chi connectivity index (χ3v) is 9.56. The SMILES string of the molecule is COc1ccc(C)c2sc(N(CCCN(C)C)C(=O)c3ccc(S(=O)(=O)N4CCCCC4)cc3)nc12. The molecule has 1 saturated heterocycles. The number of ether oxygens (including phenoxy) is 1. The highest BCUT2D eigenvalue weighted by molar-refractivity contribution is 7.89. The van der Waals surface area contributed by atoms with Gasteiger partial charge in [0, 0.05) is 25.2 Å². The molecule has 2 heterocycles. The predicted octanol–water partition coefficient (Wildman–Crippen LogP) is 4.39. The zero-order valence-corrected chi connectivity index (χ0v) is 23.0. The van der Waals surface area contributed by atoms with Crippen molar-refractivity contribution in [1.29, 1.82) is 0 Å². The van der Waals surface area contributed by atoms with Crippen LogP contribution in [0.5, 0.6) is 5.75 Å². The number of piperidine rings is 1. The van der Waals surface area contributed by atoms with E-state index in [0.717, 1.165) is 48.0 Å². The lowest BCUT2D eigenvalue weighted by Crippen LogP contribution is -2.35. The number of sulfonamides is 1. The number of hydrogen-bond acceptors (Lipinski definition) is 7. The first-order valence-electron chi connectivity index (χ1n) is 12.2. The Balaban J connectivity index is 1.64. The van der Waals surface area contributed by atoms with Gasteiger partial charge in [-0.3, -0.25) is 9.69 Å². The minimum atomic E-state index is -3.55. The first-order valence-corrected chi connectivity index (χ1v) is 14.5. The van der Waals surface area contributed by atoms with Crippen molar-refractivity contribution in [2.24, 2.45) is 0 Å². The Labute approximate surface area is 217 Å². The molecule has 1 fully saturated rings. The van der Waals surface area contributed by atoms with Crippen LogP contribution in [0.25, 0.3) is 10.2 Å². The number of aryl methyl sites for hydroxylation is 1. The van der Waals surface area contributed by atoms with Gasteiger partial charge >= 0.3 is 0 Å². The number of amides is 1. The molecule has 10 heteroatoms. The van der Waals surface area contributed by atoms with Crippen LogP contribution in [0.4, 0.5) is 5.13 Å². The van der Waals surface area contributed by atoms with E-state index in [4.69, 9.17) is 9.72 Å². The second-order valence-electron chi connectivity index (χ2n) is 9.36. The fraction of sp³-hybridized carbons (Fsp3) is 0.462. The second kappa shape index (κ2) is 11.2. The van der Waals surface area contributed by atoms with E-state index in [2.05, 4.69) is 4.90 Å². The van der Waals surface area contributed by atoms with Gasteiger partial charge in [0.2, 0.25) is 10.0 Å². The van der Waals surface area contributed by atoms with Gasteiger partial charge in [0.1, 0.15) is 11.3 Å². The third-order valence-electron chi connectivity index (χ3n) is 6.43. The quantitative estimate of drug-likeness (QED) is 0.408. The second-order valence-corrected chi connectivity index (χ2v) is 12.3. The number of aromatic nitrogens is 1. The van der Waals surface area contributed by atoms with Crippen LogP contribution in [0.3, 0.4) is 0 Å². The third kappa shape index (κ3) is 5.56. The summed E-state index contributed by atoms with van der Waals surface area (Å²) in [6.45, 7) is 4.42. The number of benzene rings is 2. The zero-order chi connectivity index (χ0) is 25.9. The maximum absolute atomic E-state index is 13.7. The van der Waals surface area contributed by atoms with Crippen LogP contribution in [0, 0.1) is 6.92 Å². The van der Waals surface area contributed by atoms with Crippen LogP contribution < -0.4 is 9.64 Å². The number of carbonyl (C=O) groups is 1. The Morgan fingerprint density at radius 1 is 1.06 bits per heavy atom. The molecule has 0 unspecified atom stereocenters. The number of carbonyl (C=O) groups excluding carboxylic acids is 1. The molecule has 0 N–H and O–H groups in total. The Hall–Kier alpha value is -2.53. The van der Waals surface area contributed by atoms with Crippen molar-refractivity contribution in [1.82, 2.24) is 14.2 Å². The van der Waals surface area contributed by atoms with E-state index in [0.29, 0.717) is 36.1 Å². The van der Waals surface area contributed by atoms with E-state index in [1.807, 2.05) is 33.2 Å². The molecular formula is C26H34N4O4S2. The Kier molecular flexibility index (Phi) is 8.29. The number of rotatable bonds is 9. The molecule has 4 rings (SSSR count). The lowest BCUT2D eigenvalue weighted by atomic mass is 10.2. The molecule has 0 saturated carbocycles. The van der Waals surface area contributed by atoms with Crippen molar-refractivity contribution < 1.29 is 17.9 Å². The normalized spacial score (nSPS) is 14.9. The van der Waals surface area contributed by atoms with Gasteiger partial charge < -0.3 is 9.64 Å². The molecule has 8 nitrogen and oxygen atoms in total. The maximum atomic E-state index is 13.7. The van der Waals surface area contributed by atoms with Gasteiger partial charge in [0.15, 0.2) is 5.13 Å². The number of methoxy groups -OCH3 is 1. The maximum Gasteiger partial charge on any atom is 0.260 e. The first-order chi connectivity index (χ1) is 17.2. The molecular weight excluding hydrogens is 496 g/mol. The summed E-state index contributed by atoms with van der Waals surface area (Å²) in [5.41, 5.74) is 2.24. The summed E-state index contributed by atoms with van der Waals surface area (Å²) < 4.78 is 34.1. The van der Waals surface area contributed by atoms with Crippen LogP contribution in [-0.2, 0) is 10.0 Å². The van der Waals surface area contributed by atoms with Crippen molar-refractivity contribution in [2.75, 3.05) is 52.3 Å². The fourth-order valence-corrected chi connectivity index (χ4v) is 6.98. The van der Waals surface area contributed by atoms with Crippen molar-refractivity contribution >= 4 is 42.6 Å². The minimum Gasteiger partial charge on any atom is -0.494 e. The van der Waals surface area contributed by atoms with Gasteiger partial charge in [-0.25, -0.2) is 13.4 Å². The molecule has 0 bridgehead atoms. The fourth-order valence-electron chi connectivity index (χ4n) is 4.39. The molecule has 0 radical (unpaired) electrons. The highest BCUT2D eigenvalue weighted by Crippen LogP contribution is 2.37. The first kappa shape index (κ1) is 26.5. The Morgan fingerprint density at radius 3 is 2.39 bits per heavy atom. The minimum absolute atomic E-state index is 0.202. The van der Waals surface area contributed by atoms with Crippen LogP contribution in [0.15, 0.2) is 41.3 Å². The summed E-state index contributed by atoms with van der Waals surface area (Å²) >= 11 is 1.47. The topological polar surface area (TPSA) is 83.0 Å². The van der Waals surface area contributed by atoms with Crippen LogP contribution >= 0.6 is 11.3 Å². The van der Waals surface area contributed by atoms with Gasteiger partial charge in [-0.1, -0.05) is 23.8 Å². The standard InChI is InChI=1S/C26H34N4O4S2/c1-19-9-14-22(34-4)23-24(19)35-26(27-23)30(18-8-15-28(2)3)25(31)20-10-12-21(13-11-20)36(32,33)29-16-6-5-7-17-29/h9-14H,5-8,15-18H2,1-4H3. The monoisotopic (exact) mass is 530 g/mol. The number of nitrogens with zero attached hydrogens (tertiary/aromatic N) is 4. The van der Waals surface area contributed by atoms with Gasteiger partial charge in [-0.05, 0) is 82.7 Å². The number of thiazole rings is 1. The average Bonchev–Trinajstić information content (AvgIpc) is 3.33. The van der Waals surface area contributed by atoms with Gasteiger partial charge in [-0.15, -0.1) is 0 Å². The van der Waals surface area contributed by atoms with E-state index >= 15 is 0 Å². The summed E-state index contributed by atoms with van der Waals surface area (Å²) in [7, 11) is 2.06. The van der Waals surface area contributed by atoms with Gasteiger partial charge in [0.05, 0.1) is 16.7 Å². The van der Waals surface area contributed by atoms with E-state index in [1.54, 1.807) is 36.3 Å². The molecule has 194 valence electrons. The molecule has 0 spiro atoms. The largest absolute Gasteiger partial charge is 0.494 e.